The zero-order valence-electron chi connectivity index (χ0n) is 14.2. The summed E-state index contributed by atoms with van der Waals surface area (Å²) in [6, 6.07) is 0. The third-order valence-corrected chi connectivity index (χ3v) is 6.55. The topological polar surface area (TPSA) is 35.2 Å². The molecule has 21 heavy (non-hydrogen) atoms. The molecule has 0 aromatic heterocycles. The molecule has 0 bridgehead atoms. The third kappa shape index (κ3) is 3.47. The molecule has 3 unspecified atom stereocenters. The lowest BCUT2D eigenvalue weighted by atomic mass is 9.64. The van der Waals surface area contributed by atoms with Crippen LogP contribution in [0.2, 0.25) is 0 Å². The van der Waals surface area contributed by atoms with Gasteiger partial charge in [-0.2, -0.15) is 0 Å². The maximum atomic E-state index is 7.00. The number of rotatable bonds is 3. The molecule has 0 aromatic carbocycles. The summed E-state index contributed by atoms with van der Waals surface area (Å²) in [5, 5.41) is 0. The average Bonchev–Trinajstić information content (AvgIpc) is 2.86. The van der Waals surface area contributed by atoms with Gasteiger partial charge in [-0.1, -0.05) is 39.5 Å². The molecule has 3 aliphatic rings. The first kappa shape index (κ1) is 15.8. The predicted octanol–water partition coefficient (Wildman–Crippen LogP) is 4.66. The zero-order valence-corrected chi connectivity index (χ0v) is 14.2. The Morgan fingerprint density at radius 3 is 2.52 bits per heavy atom. The van der Waals surface area contributed by atoms with Crippen molar-refractivity contribution in [3.8, 4) is 0 Å². The van der Waals surface area contributed by atoms with Crippen LogP contribution in [0.3, 0.4) is 0 Å². The van der Waals surface area contributed by atoms with Crippen molar-refractivity contribution in [2.75, 3.05) is 6.61 Å². The van der Waals surface area contributed by atoms with E-state index in [0.717, 1.165) is 18.4 Å². The van der Waals surface area contributed by atoms with Crippen molar-refractivity contribution >= 4 is 0 Å². The quantitative estimate of drug-likeness (QED) is 0.821. The van der Waals surface area contributed by atoms with Crippen LogP contribution in [0.4, 0.5) is 0 Å². The second-order valence-electron chi connectivity index (χ2n) is 8.75. The van der Waals surface area contributed by atoms with Crippen LogP contribution in [-0.4, -0.2) is 17.7 Å². The summed E-state index contributed by atoms with van der Waals surface area (Å²) in [6.07, 6.45) is 14.4. The Bertz CT molecular complexity index is 347. The summed E-state index contributed by atoms with van der Waals surface area (Å²) >= 11 is 0. The largest absolute Gasteiger partial charge is 0.375 e. The van der Waals surface area contributed by atoms with Crippen molar-refractivity contribution in [3.05, 3.63) is 0 Å². The van der Waals surface area contributed by atoms with Gasteiger partial charge in [0.2, 0.25) is 0 Å². The lowest BCUT2D eigenvalue weighted by molar-refractivity contribution is -0.109. The molecule has 122 valence electrons. The van der Waals surface area contributed by atoms with Gasteiger partial charge >= 0.3 is 0 Å². The lowest BCUT2D eigenvalue weighted by Crippen LogP contribution is -2.55. The number of hydrogen-bond donors (Lipinski definition) is 1. The maximum absolute atomic E-state index is 7.00. The van der Waals surface area contributed by atoms with Gasteiger partial charge in [0.15, 0.2) is 0 Å². The maximum Gasteiger partial charge on any atom is 0.0685 e. The van der Waals surface area contributed by atoms with Crippen LogP contribution in [0.25, 0.3) is 0 Å². The van der Waals surface area contributed by atoms with Gasteiger partial charge in [-0.3, -0.25) is 0 Å². The predicted molar refractivity (Wildman–Crippen MR) is 88.2 cm³/mol. The van der Waals surface area contributed by atoms with E-state index in [1.807, 2.05) is 0 Å². The monoisotopic (exact) mass is 293 g/mol. The fourth-order valence-electron chi connectivity index (χ4n) is 5.59. The van der Waals surface area contributed by atoms with Crippen molar-refractivity contribution < 1.29 is 4.74 Å². The summed E-state index contributed by atoms with van der Waals surface area (Å²) in [4.78, 5) is 0. The molecule has 3 rings (SSSR count). The molecule has 3 fully saturated rings. The van der Waals surface area contributed by atoms with Gasteiger partial charge in [-0.05, 0) is 62.7 Å². The van der Waals surface area contributed by atoms with Crippen molar-refractivity contribution in [3.63, 3.8) is 0 Å². The van der Waals surface area contributed by atoms with E-state index in [-0.39, 0.29) is 11.1 Å². The number of hydrogen-bond acceptors (Lipinski definition) is 2. The fourth-order valence-corrected chi connectivity index (χ4v) is 5.59. The Labute approximate surface area is 131 Å². The molecule has 1 spiro atoms. The molecule has 1 saturated heterocycles. The van der Waals surface area contributed by atoms with Crippen molar-refractivity contribution in [1.29, 1.82) is 0 Å². The van der Waals surface area contributed by atoms with E-state index in [4.69, 9.17) is 10.5 Å². The van der Waals surface area contributed by atoms with Gasteiger partial charge < -0.3 is 10.5 Å². The highest BCUT2D eigenvalue weighted by Crippen LogP contribution is 2.48. The van der Waals surface area contributed by atoms with Crippen LogP contribution in [0, 0.1) is 17.8 Å². The first-order valence-corrected chi connectivity index (χ1v) is 9.44. The van der Waals surface area contributed by atoms with Gasteiger partial charge in [0.25, 0.3) is 0 Å². The molecular formula is C19H35NO. The van der Waals surface area contributed by atoms with Crippen LogP contribution < -0.4 is 5.73 Å². The van der Waals surface area contributed by atoms with E-state index in [0.29, 0.717) is 5.92 Å². The summed E-state index contributed by atoms with van der Waals surface area (Å²) in [7, 11) is 0. The van der Waals surface area contributed by atoms with Gasteiger partial charge in [0.05, 0.1) is 5.60 Å². The zero-order chi connectivity index (χ0) is 14.9. The standard InChI is InChI=1S/C19H35NO/c1-15(2)12-16-6-5-10-19(20,13-16)17-7-11-21-18(14-17)8-3-4-9-18/h15-17H,3-14,20H2,1-2H3. The fraction of sp³-hybridized carbons (Fsp3) is 1.00. The van der Waals surface area contributed by atoms with Crippen molar-refractivity contribution in [2.24, 2.45) is 23.5 Å². The normalized spacial score (nSPS) is 40.0. The third-order valence-electron chi connectivity index (χ3n) is 6.55. The molecule has 2 N–H and O–H groups in total. The van der Waals surface area contributed by atoms with Gasteiger partial charge in [0, 0.05) is 12.1 Å². The molecule has 0 aromatic rings. The van der Waals surface area contributed by atoms with Gasteiger partial charge in [0.1, 0.15) is 0 Å². The second-order valence-corrected chi connectivity index (χ2v) is 8.75. The van der Waals surface area contributed by atoms with E-state index >= 15 is 0 Å². The Morgan fingerprint density at radius 2 is 1.81 bits per heavy atom. The van der Waals surface area contributed by atoms with E-state index in [9.17, 15) is 0 Å². The van der Waals surface area contributed by atoms with Gasteiger partial charge in [-0.25, -0.2) is 0 Å². The van der Waals surface area contributed by atoms with Crippen molar-refractivity contribution in [1.82, 2.24) is 0 Å². The first-order chi connectivity index (χ1) is 10.0. The van der Waals surface area contributed by atoms with E-state index < -0.39 is 0 Å². The van der Waals surface area contributed by atoms with Crippen LogP contribution in [-0.2, 0) is 4.74 Å². The van der Waals surface area contributed by atoms with Crippen LogP contribution in [0.1, 0.15) is 84.5 Å². The highest BCUT2D eigenvalue weighted by Gasteiger charge is 2.47. The SMILES string of the molecule is CC(C)CC1CCCC(N)(C2CCOC3(CCCC3)C2)C1. The molecule has 2 aliphatic carbocycles. The Balaban J connectivity index is 1.66. The molecule has 0 radical (unpaired) electrons. The molecule has 1 heterocycles. The summed E-state index contributed by atoms with van der Waals surface area (Å²) in [5.74, 6) is 2.39. The van der Waals surface area contributed by atoms with E-state index in [2.05, 4.69) is 13.8 Å². The number of ether oxygens (including phenoxy) is 1. The smallest absolute Gasteiger partial charge is 0.0685 e. The minimum atomic E-state index is 0.108. The van der Waals surface area contributed by atoms with E-state index in [1.54, 1.807) is 0 Å². The molecule has 1 aliphatic heterocycles. The molecule has 0 amide bonds. The Kier molecular flexibility index (Phi) is 4.66. The first-order valence-electron chi connectivity index (χ1n) is 9.44. The van der Waals surface area contributed by atoms with Crippen LogP contribution in [0.15, 0.2) is 0 Å². The Morgan fingerprint density at radius 1 is 1.05 bits per heavy atom. The minimum Gasteiger partial charge on any atom is -0.375 e. The van der Waals surface area contributed by atoms with Crippen molar-refractivity contribution in [2.45, 2.75) is 95.6 Å². The minimum absolute atomic E-state index is 0.108. The summed E-state index contributed by atoms with van der Waals surface area (Å²) in [6.45, 7) is 5.67. The molecule has 3 atom stereocenters. The molecular weight excluding hydrogens is 258 g/mol. The van der Waals surface area contributed by atoms with Crippen LogP contribution >= 0.6 is 0 Å². The number of nitrogens with two attached hydrogens (primary N) is 1. The highest BCUT2D eigenvalue weighted by atomic mass is 16.5. The van der Waals surface area contributed by atoms with Gasteiger partial charge in [-0.15, -0.1) is 0 Å². The lowest BCUT2D eigenvalue weighted by Gasteiger charge is -2.49. The molecule has 2 heteroatoms. The Hall–Kier alpha value is -0.0800. The average molecular weight is 293 g/mol. The van der Waals surface area contributed by atoms with E-state index in [1.165, 1.54) is 70.6 Å². The van der Waals surface area contributed by atoms with Crippen LogP contribution in [0.5, 0.6) is 0 Å². The highest BCUT2D eigenvalue weighted by molar-refractivity contribution is 5.02. The molecule has 2 nitrogen and oxygen atoms in total. The second kappa shape index (κ2) is 6.20. The summed E-state index contributed by atoms with van der Waals surface area (Å²) in [5.41, 5.74) is 7.33. The molecule has 2 saturated carbocycles. The summed E-state index contributed by atoms with van der Waals surface area (Å²) < 4.78 is 6.23.